The van der Waals surface area contributed by atoms with Crippen LogP contribution in [0.4, 0.5) is 0 Å². The van der Waals surface area contributed by atoms with E-state index in [4.69, 9.17) is 5.73 Å². The van der Waals surface area contributed by atoms with E-state index in [1.165, 1.54) is 5.56 Å². The Morgan fingerprint density at radius 2 is 1.95 bits per heavy atom. The molecule has 1 aromatic heterocycles. The summed E-state index contributed by atoms with van der Waals surface area (Å²) in [5.41, 5.74) is 10.1. The first kappa shape index (κ1) is 13.7. The average Bonchev–Trinajstić information content (AvgIpc) is 2.53. The Hall–Kier alpha value is -1.77. The first-order valence-electron chi connectivity index (χ1n) is 6.58. The second-order valence-electron chi connectivity index (χ2n) is 6.25. The lowest BCUT2D eigenvalue weighted by molar-refractivity contribution is -0.117. The van der Waals surface area contributed by atoms with E-state index >= 15 is 0 Å². The van der Waals surface area contributed by atoms with Crippen molar-refractivity contribution in [1.82, 2.24) is 4.57 Å². The maximum Gasteiger partial charge on any atom is 0.221 e. The maximum atomic E-state index is 11.3. The molecule has 0 aliphatic rings. The zero-order valence-electron chi connectivity index (χ0n) is 12.4. The number of aryl methyl sites for hydroxylation is 1. The first-order chi connectivity index (χ1) is 8.71. The molecule has 0 fully saturated rings. The monoisotopic (exact) mass is 258 g/mol. The fraction of sp³-hybridized carbons (Fsp3) is 0.438. The number of amides is 1. The molecule has 1 heterocycles. The van der Waals surface area contributed by atoms with Gasteiger partial charge in [0.1, 0.15) is 0 Å². The molecule has 1 amide bonds. The summed E-state index contributed by atoms with van der Waals surface area (Å²) < 4.78 is 2.13. The van der Waals surface area contributed by atoms with Crippen LogP contribution < -0.4 is 5.73 Å². The number of nitrogens with two attached hydrogens (primary N) is 1. The van der Waals surface area contributed by atoms with Gasteiger partial charge in [-0.3, -0.25) is 4.79 Å². The molecular formula is C16H22N2O. The fourth-order valence-corrected chi connectivity index (χ4v) is 2.51. The lowest BCUT2D eigenvalue weighted by Crippen LogP contribution is -2.14. The van der Waals surface area contributed by atoms with Gasteiger partial charge in [-0.15, -0.1) is 0 Å². The van der Waals surface area contributed by atoms with Crippen LogP contribution in [0.5, 0.6) is 0 Å². The Morgan fingerprint density at radius 1 is 1.32 bits per heavy atom. The highest BCUT2D eigenvalue weighted by atomic mass is 16.1. The molecule has 0 aliphatic heterocycles. The van der Waals surface area contributed by atoms with Crippen molar-refractivity contribution >= 4 is 16.8 Å². The molecule has 3 nitrogen and oxygen atoms in total. The van der Waals surface area contributed by atoms with E-state index in [-0.39, 0.29) is 11.3 Å². The highest BCUT2D eigenvalue weighted by molar-refractivity contribution is 5.90. The van der Waals surface area contributed by atoms with Crippen LogP contribution in [-0.2, 0) is 23.7 Å². The lowest BCUT2D eigenvalue weighted by Gasteiger charge is -2.19. The highest BCUT2D eigenvalue weighted by Crippen LogP contribution is 2.30. The number of nitrogens with zero attached hydrogens (tertiary/aromatic N) is 1. The molecule has 0 atom stereocenters. The Morgan fingerprint density at radius 3 is 2.47 bits per heavy atom. The lowest BCUT2D eigenvalue weighted by atomic mass is 9.86. The summed E-state index contributed by atoms with van der Waals surface area (Å²) in [6.07, 6.45) is 0.302. The topological polar surface area (TPSA) is 48.0 Å². The van der Waals surface area contributed by atoms with E-state index in [2.05, 4.69) is 43.5 Å². The minimum atomic E-state index is -0.281. The molecule has 2 aromatic rings. The van der Waals surface area contributed by atoms with Gasteiger partial charge >= 0.3 is 0 Å². The SMILES string of the molecule is Cc1c(CC(N)=O)c2cc(C(C)(C)C)ccc2n1C. The zero-order chi connectivity index (χ0) is 14.4. The predicted octanol–water partition coefficient (Wildman–Crippen LogP) is 2.81. The van der Waals surface area contributed by atoms with Crippen molar-refractivity contribution < 1.29 is 4.79 Å². The second-order valence-corrected chi connectivity index (χ2v) is 6.25. The number of carbonyl (C=O) groups excluding carboxylic acids is 1. The summed E-state index contributed by atoms with van der Waals surface area (Å²) in [7, 11) is 2.03. The van der Waals surface area contributed by atoms with Crippen molar-refractivity contribution in [1.29, 1.82) is 0 Å². The van der Waals surface area contributed by atoms with Crippen LogP contribution in [0.1, 0.15) is 37.6 Å². The van der Waals surface area contributed by atoms with Crippen LogP contribution >= 0.6 is 0 Å². The van der Waals surface area contributed by atoms with Gasteiger partial charge in [0.2, 0.25) is 5.91 Å². The maximum absolute atomic E-state index is 11.3. The minimum absolute atomic E-state index is 0.0991. The minimum Gasteiger partial charge on any atom is -0.369 e. The first-order valence-corrected chi connectivity index (χ1v) is 6.58. The van der Waals surface area contributed by atoms with E-state index in [0.29, 0.717) is 6.42 Å². The summed E-state index contributed by atoms with van der Waals surface area (Å²) in [6.45, 7) is 8.61. The number of fused-ring (bicyclic) bond motifs is 1. The summed E-state index contributed by atoms with van der Waals surface area (Å²) in [6, 6.07) is 6.49. The molecule has 1 aromatic carbocycles. The van der Waals surface area contributed by atoms with Crippen LogP contribution in [0, 0.1) is 6.92 Å². The molecular weight excluding hydrogens is 236 g/mol. The third-order valence-corrected chi connectivity index (χ3v) is 3.84. The van der Waals surface area contributed by atoms with Gasteiger partial charge in [-0.05, 0) is 35.6 Å². The molecule has 2 rings (SSSR count). The quantitative estimate of drug-likeness (QED) is 0.884. The van der Waals surface area contributed by atoms with E-state index in [1.807, 2.05) is 14.0 Å². The van der Waals surface area contributed by atoms with Crippen molar-refractivity contribution in [3.63, 3.8) is 0 Å². The highest BCUT2D eigenvalue weighted by Gasteiger charge is 2.18. The largest absolute Gasteiger partial charge is 0.369 e. The molecule has 0 saturated carbocycles. The molecule has 0 unspecified atom stereocenters. The normalized spacial score (nSPS) is 12.1. The Bertz CT molecular complexity index is 645. The van der Waals surface area contributed by atoms with Gasteiger partial charge in [0.05, 0.1) is 6.42 Å². The molecule has 102 valence electrons. The van der Waals surface area contributed by atoms with Crippen molar-refractivity contribution in [2.75, 3.05) is 0 Å². The molecule has 0 radical (unpaired) electrons. The third-order valence-electron chi connectivity index (χ3n) is 3.84. The average molecular weight is 258 g/mol. The van der Waals surface area contributed by atoms with Gasteiger partial charge in [-0.2, -0.15) is 0 Å². The van der Waals surface area contributed by atoms with Gasteiger partial charge in [0.15, 0.2) is 0 Å². The molecule has 0 aliphatic carbocycles. The number of benzene rings is 1. The Labute approximate surface area is 114 Å². The molecule has 19 heavy (non-hydrogen) atoms. The van der Waals surface area contributed by atoms with E-state index in [0.717, 1.165) is 22.2 Å². The van der Waals surface area contributed by atoms with Gasteiger partial charge in [0, 0.05) is 23.6 Å². The molecule has 0 spiro atoms. The summed E-state index contributed by atoms with van der Waals surface area (Å²) in [5, 5.41) is 1.14. The number of primary amides is 1. The van der Waals surface area contributed by atoms with E-state index in [1.54, 1.807) is 0 Å². The molecule has 2 N–H and O–H groups in total. The van der Waals surface area contributed by atoms with Gasteiger partial charge in [-0.1, -0.05) is 26.8 Å². The molecule has 0 saturated heterocycles. The molecule has 3 heteroatoms. The standard InChI is InChI=1S/C16H22N2O/c1-10-12(9-15(17)19)13-8-11(16(2,3)4)6-7-14(13)18(10)5/h6-8H,9H2,1-5H3,(H2,17,19). The van der Waals surface area contributed by atoms with E-state index < -0.39 is 0 Å². The fourth-order valence-electron chi connectivity index (χ4n) is 2.51. The van der Waals surface area contributed by atoms with Crippen LogP contribution in [0.3, 0.4) is 0 Å². The number of hydrogen-bond acceptors (Lipinski definition) is 1. The smallest absolute Gasteiger partial charge is 0.221 e. The van der Waals surface area contributed by atoms with Crippen LogP contribution in [0.15, 0.2) is 18.2 Å². The molecule has 0 bridgehead atoms. The summed E-state index contributed by atoms with van der Waals surface area (Å²) in [5.74, 6) is -0.281. The summed E-state index contributed by atoms with van der Waals surface area (Å²) >= 11 is 0. The van der Waals surface area contributed by atoms with Crippen LogP contribution in [0.25, 0.3) is 10.9 Å². The van der Waals surface area contributed by atoms with Gasteiger partial charge in [0.25, 0.3) is 0 Å². The Balaban J connectivity index is 2.72. The Kier molecular flexibility index (Phi) is 3.17. The predicted molar refractivity (Wildman–Crippen MR) is 79.3 cm³/mol. The van der Waals surface area contributed by atoms with Crippen molar-refractivity contribution in [3.8, 4) is 0 Å². The summed E-state index contributed by atoms with van der Waals surface area (Å²) in [4.78, 5) is 11.3. The van der Waals surface area contributed by atoms with Crippen molar-refractivity contribution in [2.45, 2.75) is 39.5 Å². The number of hydrogen-bond donors (Lipinski definition) is 1. The van der Waals surface area contributed by atoms with Crippen LogP contribution in [0.2, 0.25) is 0 Å². The van der Waals surface area contributed by atoms with Gasteiger partial charge in [-0.25, -0.2) is 0 Å². The van der Waals surface area contributed by atoms with E-state index in [9.17, 15) is 4.79 Å². The van der Waals surface area contributed by atoms with Crippen molar-refractivity contribution in [3.05, 3.63) is 35.0 Å². The third kappa shape index (κ3) is 2.37. The number of aromatic nitrogens is 1. The number of carbonyl (C=O) groups is 1. The van der Waals surface area contributed by atoms with Crippen molar-refractivity contribution in [2.24, 2.45) is 12.8 Å². The zero-order valence-corrected chi connectivity index (χ0v) is 12.4. The second kappa shape index (κ2) is 4.41. The van der Waals surface area contributed by atoms with Crippen LogP contribution in [-0.4, -0.2) is 10.5 Å². The number of rotatable bonds is 2. The van der Waals surface area contributed by atoms with Gasteiger partial charge < -0.3 is 10.3 Å².